The molecular weight excluding hydrogens is 360 g/mol. The van der Waals surface area contributed by atoms with Gasteiger partial charge in [-0.3, -0.25) is 14.9 Å². The maximum Gasteiger partial charge on any atom is 0.335 e. The zero-order chi connectivity index (χ0) is 16.5. The van der Waals surface area contributed by atoms with Crippen LogP contribution in [0.4, 0.5) is 5.69 Å². The number of carboxylic acids is 1. The molecule has 0 atom stereocenters. The van der Waals surface area contributed by atoms with Crippen LogP contribution in [0.2, 0.25) is 0 Å². The van der Waals surface area contributed by atoms with E-state index in [9.17, 15) is 24.8 Å². The summed E-state index contributed by atoms with van der Waals surface area (Å²) < 4.78 is 0.481. The van der Waals surface area contributed by atoms with Gasteiger partial charge in [0.25, 0.3) is 11.6 Å². The molecule has 1 aliphatic heterocycles. The van der Waals surface area contributed by atoms with Crippen molar-refractivity contribution < 1.29 is 24.7 Å². The van der Waals surface area contributed by atoms with Crippen molar-refractivity contribution in [1.29, 1.82) is 0 Å². The van der Waals surface area contributed by atoms with E-state index in [2.05, 4.69) is 15.9 Å². The number of carboxylic acid groups (broad SMARTS) is 1. The summed E-state index contributed by atoms with van der Waals surface area (Å²) in [5, 5.41) is 29.8. The van der Waals surface area contributed by atoms with Crippen molar-refractivity contribution in [2.24, 2.45) is 0 Å². The first-order valence-electron chi connectivity index (χ1n) is 6.43. The number of nitro benzene ring substituents is 1. The van der Waals surface area contributed by atoms with Crippen molar-refractivity contribution in [3.05, 3.63) is 38.3 Å². The van der Waals surface area contributed by atoms with Gasteiger partial charge in [0, 0.05) is 36.5 Å². The molecule has 1 saturated heterocycles. The van der Waals surface area contributed by atoms with Crippen molar-refractivity contribution in [3.63, 3.8) is 0 Å². The highest BCUT2D eigenvalue weighted by Gasteiger charge is 2.41. The van der Waals surface area contributed by atoms with Gasteiger partial charge in [0.15, 0.2) is 5.60 Å². The minimum atomic E-state index is -1.84. The number of nitro groups is 1. The third-order valence-corrected chi connectivity index (χ3v) is 4.16. The predicted octanol–water partition coefficient (Wildman–Crippen LogP) is 1.41. The lowest BCUT2D eigenvalue weighted by Gasteiger charge is -2.35. The molecule has 1 aromatic rings. The molecule has 1 heterocycles. The van der Waals surface area contributed by atoms with Crippen molar-refractivity contribution in [2.75, 3.05) is 13.1 Å². The Labute approximate surface area is 133 Å². The molecule has 1 amide bonds. The van der Waals surface area contributed by atoms with Gasteiger partial charge in [-0.15, -0.1) is 0 Å². The van der Waals surface area contributed by atoms with Crippen LogP contribution in [-0.4, -0.2) is 50.6 Å². The van der Waals surface area contributed by atoms with Gasteiger partial charge in [0.1, 0.15) is 5.56 Å². The number of likely N-dealkylation sites (tertiary alicyclic amines) is 1. The molecule has 2 rings (SSSR count). The quantitative estimate of drug-likeness (QED) is 0.611. The van der Waals surface area contributed by atoms with Crippen molar-refractivity contribution in [1.82, 2.24) is 4.90 Å². The molecule has 9 heteroatoms. The largest absolute Gasteiger partial charge is 0.479 e. The Bertz CT molecular complexity index is 639. The zero-order valence-corrected chi connectivity index (χ0v) is 12.9. The molecular formula is C13H13BrN2O6. The van der Waals surface area contributed by atoms with Gasteiger partial charge in [0.2, 0.25) is 0 Å². The summed E-state index contributed by atoms with van der Waals surface area (Å²) in [4.78, 5) is 35.1. The lowest BCUT2D eigenvalue weighted by Crippen LogP contribution is -2.50. The van der Waals surface area contributed by atoms with E-state index < -0.39 is 22.4 Å². The molecule has 1 fully saturated rings. The first-order valence-corrected chi connectivity index (χ1v) is 7.23. The smallest absolute Gasteiger partial charge is 0.335 e. The van der Waals surface area contributed by atoms with Crippen LogP contribution >= 0.6 is 15.9 Å². The fourth-order valence-electron chi connectivity index (χ4n) is 2.30. The van der Waals surface area contributed by atoms with Gasteiger partial charge >= 0.3 is 5.97 Å². The van der Waals surface area contributed by atoms with Gasteiger partial charge < -0.3 is 15.1 Å². The Morgan fingerprint density at radius 2 is 1.91 bits per heavy atom. The lowest BCUT2D eigenvalue weighted by atomic mass is 9.91. The first kappa shape index (κ1) is 16.4. The Balaban J connectivity index is 2.21. The second-order valence-corrected chi connectivity index (χ2v) is 5.96. The highest BCUT2D eigenvalue weighted by molar-refractivity contribution is 9.10. The topological polar surface area (TPSA) is 121 Å². The average molecular weight is 373 g/mol. The van der Waals surface area contributed by atoms with Crippen LogP contribution in [0, 0.1) is 10.1 Å². The van der Waals surface area contributed by atoms with E-state index in [-0.39, 0.29) is 37.2 Å². The SMILES string of the molecule is O=C(c1ccc(Br)cc1[N+](=O)[O-])N1CCC(O)(C(=O)O)CC1. The summed E-state index contributed by atoms with van der Waals surface area (Å²) >= 11 is 3.11. The lowest BCUT2D eigenvalue weighted by molar-refractivity contribution is -0.385. The Morgan fingerprint density at radius 1 is 1.32 bits per heavy atom. The molecule has 0 aliphatic carbocycles. The first-order chi connectivity index (χ1) is 10.2. The minimum Gasteiger partial charge on any atom is -0.479 e. The van der Waals surface area contributed by atoms with Gasteiger partial charge in [-0.1, -0.05) is 15.9 Å². The monoisotopic (exact) mass is 372 g/mol. The number of amides is 1. The fourth-order valence-corrected chi connectivity index (χ4v) is 2.65. The van der Waals surface area contributed by atoms with Gasteiger partial charge in [-0.2, -0.15) is 0 Å². The number of piperidine rings is 1. The Hall–Kier alpha value is -2.00. The average Bonchev–Trinajstić information content (AvgIpc) is 2.47. The molecule has 22 heavy (non-hydrogen) atoms. The normalized spacial score (nSPS) is 17.1. The van der Waals surface area contributed by atoms with E-state index >= 15 is 0 Å². The molecule has 1 aliphatic rings. The molecule has 0 unspecified atom stereocenters. The number of hydrogen-bond donors (Lipinski definition) is 2. The third-order valence-electron chi connectivity index (χ3n) is 3.66. The fraction of sp³-hybridized carbons (Fsp3) is 0.385. The second-order valence-electron chi connectivity index (χ2n) is 5.05. The van der Waals surface area contributed by atoms with Crippen LogP contribution in [0.25, 0.3) is 0 Å². The highest BCUT2D eigenvalue weighted by Crippen LogP contribution is 2.28. The second kappa shape index (κ2) is 6.01. The third kappa shape index (κ3) is 3.09. The molecule has 2 N–H and O–H groups in total. The summed E-state index contributed by atoms with van der Waals surface area (Å²) in [5.74, 6) is -1.87. The van der Waals surface area contributed by atoms with Gasteiger partial charge in [-0.05, 0) is 12.1 Å². The number of aliphatic carboxylic acids is 1. The summed E-state index contributed by atoms with van der Waals surface area (Å²) in [5.41, 5.74) is -2.23. The zero-order valence-electron chi connectivity index (χ0n) is 11.4. The van der Waals surface area contributed by atoms with E-state index in [1.165, 1.54) is 23.1 Å². The van der Waals surface area contributed by atoms with Crippen LogP contribution < -0.4 is 0 Å². The number of hydrogen-bond acceptors (Lipinski definition) is 5. The van der Waals surface area contributed by atoms with Crippen molar-refractivity contribution in [2.45, 2.75) is 18.4 Å². The van der Waals surface area contributed by atoms with Gasteiger partial charge in [-0.25, -0.2) is 4.79 Å². The van der Waals surface area contributed by atoms with E-state index in [1.807, 2.05) is 0 Å². The molecule has 0 aromatic heterocycles. The molecule has 0 radical (unpaired) electrons. The van der Waals surface area contributed by atoms with E-state index in [0.717, 1.165) is 0 Å². The molecule has 0 saturated carbocycles. The van der Waals surface area contributed by atoms with E-state index in [1.54, 1.807) is 0 Å². The number of benzene rings is 1. The van der Waals surface area contributed by atoms with Crippen LogP contribution in [0.1, 0.15) is 23.2 Å². The predicted molar refractivity (Wildman–Crippen MR) is 78.5 cm³/mol. The van der Waals surface area contributed by atoms with Gasteiger partial charge in [0.05, 0.1) is 4.92 Å². The van der Waals surface area contributed by atoms with Crippen molar-refractivity contribution >= 4 is 33.5 Å². The van der Waals surface area contributed by atoms with Crippen LogP contribution in [0.15, 0.2) is 22.7 Å². The van der Waals surface area contributed by atoms with E-state index in [0.29, 0.717) is 4.47 Å². The highest BCUT2D eigenvalue weighted by atomic mass is 79.9. The number of carbonyl (C=O) groups is 2. The number of halogens is 1. The number of nitrogens with zero attached hydrogens (tertiary/aromatic N) is 2. The summed E-state index contributed by atoms with van der Waals surface area (Å²) in [7, 11) is 0. The number of carbonyl (C=O) groups excluding carboxylic acids is 1. The summed E-state index contributed by atoms with van der Waals surface area (Å²) in [6.07, 6.45) is -0.225. The molecule has 1 aromatic carbocycles. The Morgan fingerprint density at radius 3 is 2.41 bits per heavy atom. The number of aliphatic hydroxyl groups is 1. The molecule has 8 nitrogen and oxygen atoms in total. The minimum absolute atomic E-state index is 0.0227. The van der Waals surface area contributed by atoms with E-state index in [4.69, 9.17) is 5.11 Å². The maximum atomic E-state index is 12.4. The van der Waals surface area contributed by atoms with Crippen molar-refractivity contribution in [3.8, 4) is 0 Å². The van der Waals surface area contributed by atoms with Crippen LogP contribution in [0.5, 0.6) is 0 Å². The number of rotatable bonds is 3. The maximum absolute atomic E-state index is 12.4. The Kier molecular flexibility index (Phi) is 4.47. The summed E-state index contributed by atoms with van der Waals surface area (Å²) in [6.45, 7) is 0.0453. The van der Waals surface area contributed by atoms with Crippen LogP contribution in [-0.2, 0) is 4.79 Å². The molecule has 0 bridgehead atoms. The standard InChI is InChI=1S/C13H13BrN2O6/c14-8-1-2-9(10(7-8)16(21)22)11(17)15-5-3-13(20,4-6-15)12(18)19/h1-2,7,20H,3-6H2,(H,18,19). The molecule has 118 valence electrons. The summed E-state index contributed by atoms with van der Waals surface area (Å²) in [6, 6.07) is 4.12. The van der Waals surface area contributed by atoms with Crippen LogP contribution in [0.3, 0.4) is 0 Å². The molecule has 0 spiro atoms.